The van der Waals surface area contributed by atoms with Gasteiger partial charge in [0, 0.05) is 46.4 Å². The summed E-state index contributed by atoms with van der Waals surface area (Å²) in [5, 5.41) is 25.0. The number of aliphatic hydroxyl groups is 1. The molecule has 61 heavy (non-hydrogen) atoms. The first-order chi connectivity index (χ1) is 28.4. The van der Waals surface area contributed by atoms with Gasteiger partial charge in [-0.3, -0.25) is 9.59 Å². The molecule has 0 spiro atoms. The van der Waals surface area contributed by atoms with Gasteiger partial charge in [0.15, 0.2) is 26.3 Å². The lowest BCUT2D eigenvalue weighted by Gasteiger charge is -2.38. The number of likely N-dealkylation sites (N-methyl/N-ethyl adjacent to an activating group) is 1. The highest BCUT2D eigenvalue weighted by Gasteiger charge is 2.50. The van der Waals surface area contributed by atoms with Crippen molar-refractivity contribution in [1.29, 1.82) is 0 Å². The molecule has 0 bridgehead atoms. The van der Waals surface area contributed by atoms with Gasteiger partial charge >= 0.3 is 11.9 Å². The molecule has 14 heteroatoms. The summed E-state index contributed by atoms with van der Waals surface area (Å²) in [6, 6.07) is 4.79. The van der Waals surface area contributed by atoms with Crippen molar-refractivity contribution in [2.75, 3.05) is 40.5 Å². The molecule has 1 fully saturated rings. The second kappa shape index (κ2) is 25.1. The molecule has 0 saturated carbocycles. The molecule has 3 N–H and O–H groups in total. The molecule has 3 atom stereocenters. The van der Waals surface area contributed by atoms with Crippen molar-refractivity contribution in [2.24, 2.45) is 5.92 Å². The van der Waals surface area contributed by atoms with Crippen LogP contribution >= 0.6 is 0 Å². The van der Waals surface area contributed by atoms with Crippen LogP contribution in [0.1, 0.15) is 138 Å². The number of nitrogens with one attached hydrogen (secondary N) is 1. The third-order valence-corrected chi connectivity index (χ3v) is 16.1. The number of benzene rings is 1. The smallest absolute Gasteiger partial charge is 0.339 e. The van der Waals surface area contributed by atoms with Crippen molar-refractivity contribution in [1.82, 2.24) is 10.2 Å². The molecule has 1 aromatic carbocycles. The Bertz CT molecular complexity index is 1530. The van der Waals surface area contributed by atoms with Crippen LogP contribution in [0, 0.1) is 5.92 Å². The van der Waals surface area contributed by atoms with Gasteiger partial charge in [0.05, 0.1) is 19.1 Å². The number of hydrogen-bond donors (Lipinski definition) is 3. The molecule has 1 heterocycles. The quantitative estimate of drug-likeness (QED) is 0.0337. The number of aromatic hydroxyl groups is 1. The molecule has 0 unspecified atom stereocenters. The largest absolute Gasteiger partial charge is 0.508 e. The lowest BCUT2D eigenvalue weighted by Crippen LogP contribution is -2.57. The lowest BCUT2D eigenvalue weighted by molar-refractivity contribution is -0.185. The van der Waals surface area contributed by atoms with E-state index in [0.29, 0.717) is 25.2 Å². The molecule has 0 aliphatic carbocycles. The third kappa shape index (κ3) is 18.9. The van der Waals surface area contributed by atoms with Crippen molar-refractivity contribution >= 4 is 32.1 Å². The maximum Gasteiger partial charge on any atom is 0.339 e. The van der Waals surface area contributed by atoms with Crippen molar-refractivity contribution in [3.8, 4) is 5.75 Å². The van der Waals surface area contributed by atoms with Crippen LogP contribution in [0.15, 0.2) is 36.4 Å². The van der Waals surface area contributed by atoms with Crippen LogP contribution < -0.4 is 5.32 Å². The summed E-state index contributed by atoms with van der Waals surface area (Å²) in [6.45, 7) is 18.3. The molecular formula is C47H80N2O11Si. The monoisotopic (exact) mass is 877 g/mol. The fourth-order valence-electron chi connectivity index (χ4n) is 6.73. The SMILES string of the molecule is CCCCCCCC1(CCCCCC/C=C/[C@H](C(=O)N[C@@H](Cc2ccc(O)cc2)C(=O)OCC(=O)N(C)C)[C@@](O)(CCO[Si](C)(C)C(C)(C)C)C(=O)OC(C)(C)C)OCCO1. The Balaban J connectivity index is 2.37. The number of unbranched alkanes of at least 4 members (excludes halogenated alkanes) is 8. The highest BCUT2D eigenvalue weighted by molar-refractivity contribution is 6.74. The molecule has 1 aromatic rings. The predicted molar refractivity (Wildman–Crippen MR) is 240 cm³/mol. The van der Waals surface area contributed by atoms with Crippen molar-refractivity contribution < 1.29 is 52.8 Å². The maximum atomic E-state index is 14.6. The number of esters is 2. The van der Waals surface area contributed by atoms with Gasteiger partial charge in [0.1, 0.15) is 17.4 Å². The van der Waals surface area contributed by atoms with Crippen LogP contribution in [-0.2, 0) is 49.0 Å². The van der Waals surface area contributed by atoms with Gasteiger partial charge < -0.3 is 43.8 Å². The predicted octanol–water partition coefficient (Wildman–Crippen LogP) is 8.15. The number of hydrogen-bond acceptors (Lipinski definition) is 11. The maximum absolute atomic E-state index is 14.6. The Morgan fingerprint density at radius 3 is 2.02 bits per heavy atom. The van der Waals surface area contributed by atoms with Crippen molar-refractivity contribution in [2.45, 2.75) is 180 Å². The molecule has 348 valence electrons. The highest BCUT2D eigenvalue weighted by Crippen LogP contribution is 2.38. The number of ether oxygens (including phenoxy) is 4. The second-order valence-electron chi connectivity index (χ2n) is 19.2. The first-order valence-corrected chi connectivity index (χ1v) is 25.4. The zero-order valence-electron chi connectivity index (χ0n) is 39.4. The Hall–Kier alpha value is -3.30. The summed E-state index contributed by atoms with van der Waals surface area (Å²) in [7, 11) is 0.715. The van der Waals surface area contributed by atoms with Gasteiger partial charge in [0.25, 0.3) is 5.91 Å². The third-order valence-electron chi connectivity index (χ3n) is 11.6. The van der Waals surface area contributed by atoms with Gasteiger partial charge in [-0.1, -0.05) is 90.5 Å². The van der Waals surface area contributed by atoms with E-state index in [1.807, 2.05) is 0 Å². The van der Waals surface area contributed by atoms with E-state index in [2.05, 4.69) is 46.1 Å². The summed E-state index contributed by atoms with van der Waals surface area (Å²) in [6.07, 6.45) is 14.9. The number of carbonyl (C=O) groups excluding carboxylic acids is 4. The van der Waals surface area contributed by atoms with E-state index in [0.717, 1.165) is 44.9 Å². The van der Waals surface area contributed by atoms with Gasteiger partial charge in [-0.15, -0.1) is 0 Å². The molecule has 1 aliphatic heterocycles. The standard InChI is InChI=1S/C47H80N2O11Si/c1-12-13-14-18-21-28-46(57-32-33-58-46)29-22-19-16-15-17-20-23-38(47(55,43(54)60-44(2,3)4)30-31-59-61(10,11)45(5,6)7)41(52)48-39(34-36-24-26-37(50)27-25-36)42(53)56-35-40(51)49(8)9/h20,23-27,38-39,50,55H,12-19,21-22,28-35H2,1-11H3,(H,48,52)/b23-20+/t38-,39+,47+/m1/s1. The molecule has 2 rings (SSSR count). The molecule has 1 saturated heterocycles. The molecule has 13 nitrogen and oxygen atoms in total. The summed E-state index contributed by atoms with van der Waals surface area (Å²) in [4.78, 5) is 55.9. The normalized spacial score (nSPS) is 16.5. The number of phenolic OH excluding ortho intramolecular Hbond substituents is 1. The molecule has 0 radical (unpaired) electrons. The van der Waals surface area contributed by atoms with E-state index in [1.54, 1.807) is 39.0 Å². The van der Waals surface area contributed by atoms with Gasteiger partial charge in [-0.05, 0) is 82.3 Å². The Morgan fingerprint density at radius 2 is 1.48 bits per heavy atom. The second-order valence-corrected chi connectivity index (χ2v) is 24.1. The minimum Gasteiger partial charge on any atom is -0.508 e. The summed E-state index contributed by atoms with van der Waals surface area (Å²) >= 11 is 0. The summed E-state index contributed by atoms with van der Waals surface area (Å²) in [5.74, 6) is -5.11. The van der Waals surface area contributed by atoms with Gasteiger partial charge in [0.2, 0.25) is 5.91 Å². The number of allylic oxidation sites excluding steroid dienone is 1. The number of rotatable bonds is 27. The molecular weight excluding hydrogens is 797 g/mol. The van der Waals surface area contributed by atoms with Crippen molar-refractivity contribution in [3.63, 3.8) is 0 Å². The van der Waals surface area contributed by atoms with Crippen molar-refractivity contribution in [3.05, 3.63) is 42.0 Å². The zero-order valence-corrected chi connectivity index (χ0v) is 40.4. The van der Waals surface area contributed by atoms with Crippen LogP contribution in [0.2, 0.25) is 18.1 Å². The van der Waals surface area contributed by atoms with Crippen LogP contribution in [0.25, 0.3) is 0 Å². The Labute approximate surface area is 367 Å². The van der Waals surface area contributed by atoms with Crippen LogP contribution in [0.3, 0.4) is 0 Å². The molecule has 1 aliphatic rings. The first-order valence-electron chi connectivity index (χ1n) is 22.4. The summed E-state index contributed by atoms with van der Waals surface area (Å²) < 4.78 is 29.7. The fraction of sp³-hybridized carbons (Fsp3) is 0.745. The minimum atomic E-state index is -2.39. The van der Waals surface area contributed by atoms with E-state index >= 15 is 0 Å². The van der Waals surface area contributed by atoms with E-state index in [4.69, 9.17) is 23.4 Å². The van der Waals surface area contributed by atoms with Gasteiger partial charge in [-0.25, -0.2) is 9.59 Å². The number of amides is 2. The number of phenols is 1. The minimum absolute atomic E-state index is 0.0185. The first kappa shape index (κ1) is 53.8. The average Bonchev–Trinajstić information content (AvgIpc) is 3.63. The fourth-order valence-corrected chi connectivity index (χ4v) is 7.77. The van der Waals surface area contributed by atoms with E-state index in [1.165, 1.54) is 62.9 Å². The topological polar surface area (TPSA) is 170 Å². The molecule has 0 aromatic heterocycles. The average molecular weight is 877 g/mol. The van der Waals surface area contributed by atoms with Gasteiger partial charge in [-0.2, -0.15) is 0 Å². The lowest BCUT2D eigenvalue weighted by atomic mass is 9.82. The highest BCUT2D eigenvalue weighted by atomic mass is 28.4. The van der Waals surface area contributed by atoms with Crippen LogP contribution in [0.5, 0.6) is 5.75 Å². The van der Waals surface area contributed by atoms with E-state index in [-0.39, 0.29) is 30.2 Å². The van der Waals surface area contributed by atoms with E-state index < -0.39 is 67.6 Å². The van der Waals surface area contributed by atoms with E-state index in [9.17, 15) is 29.4 Å². The molecule has 2 amide bonds. The Morgan fingerprint density at radius 1 is 0.902 bits per heavy atom. The summed E-state index contributed by atoms with van der Waals surface area (Å²) in [5.41, 5.74) is -2.81. The zero-order chi connectivity index (χ0) is 45.9. The van der Waals surface area contributed by atoms with Crippen LogP contribution in [0.4, 0.5) is 0 Å². The Kier molecular flexibility index (Phi) is 22.2. The number of carbonyl (C=O) groups is 4. The number of nitrogens with zero attached hydrogens (tertiary/aromatic N) is 1. The van der Waals surface area contributed by atoms with Crippen LogP contribution in [-0.4, -0.2) is 111 Å².